The van der Waals surface area contributed by atoms with Crippen molar-refractivity contribution in [3.05, 3.63) is 102 Å². The van der Waals surface area contributed by atoms with Crippen molar-refractivity contribution in [3.63, 3.8) is 0 Å². The molecule has 1 aromatic heterocycles. The van der Waals surface area contributed by atoms with Gasteiger partial charge in [0.25, 0.3) is 15.9 Å². The molecule has 1 N–H and O–H groups in total. The number of anilines is 3. The number of amides is 1. The summed E-state index contributed by atoms with van der Waals surface area (Å²) in [5, 5.41) is 13.3. The molecule has 12 heteroatoms. The number of methoxy groups -OCH3 is 1. The number of ether oxygens (including phenoxy) is 2. The summed E-state index contributed by atoms with van der Waals surface area (Å²) >= 11 is 0. The van der Waals surface area contributed by atoms with Gasteiger partial charge in [0.15, 0.2) is 5.54 Å². The van der Waals surface area contributed by atoms with Crippen molar-refractivity contribution in [1.82, 2.24) is 9.88 Å². The molecule has 242 valence electrons. The third kappa shape index (κ3) is 5.51. The lowest BCUT2D eigenvalue weighted by Crippen LogP contribution is -2.49. The van der Waals surface area contributed by atoms with E-state index < -0.39 is 21.5 Å². The lowest BCUT2D eigenvalue weighted by Gasteiger charge is -2.36. The molecule has 1 unspecified atom stereocenters. The molecule has 0 saturated carbocycles. The van der Waals surface area contributed by atoms with Crippen LogP contribution in [0.1, 0.15) is 30.5 Å². The zero-order chi connectivity index (χ0) is 33.2. The Kier molecular flexibility index (Phi) is 8.77. The van der Waals surface area contributed by atoms with Gasteiger partial charge in [0.05, 0.1) is 36.6 Å². The fraction of sp³-hybridized carbons (Fsp3) is 0.286. The first kappa shape index (κ1) is 31.8. The Balaban J connectivity index is 1.53. The number of hydrogen-bond donors (Lipinski definition) is 1. The summed E-state index contributed by atoms with van der Waals surface area (Å²) < 4.78 is 41.0. The number of pyridine rings is 1. The van der Waals surface area contributed by atoms with Crippen molar-refractivity contribution >= 4 is 33.0 Å². The minimum atomic E-state index is -4.52. The standard InChI is InChI=1S/C35H36N6O5S/c1-4-39-19-21-40(22-20-39)27-15-13-26(14-16-27)38-35(28-9-8-18-37-33(28)46-5-2)29-23-25(24-36)12-17-30(29)41(34(35)42)47(43,44)32-11-7-6-10-31(32)45-3/h6-18,23,38H,4-5,19-22H2,1-3H3. The topological polar surface area (TPSA) is 128 Å². The number of nitrogens with zero attached hydrogens (tertiary/aromatic N) is 5. The smallest absolute Gasteiger partial charge is 0.276 e. The molecule has 11 nitrogen and oxygen atoms in total. The minimum absolute atomic E-state index is 0.0905. The summed E-state index contributed by atoms with van der Waals surface area (Å²) in [5.41, 5.74) is 0.693. The molecule has 1 atom stereocenters. The Labute approximate surface area is 275 Å². The maximum absolute atomic E-state index is 15.1. The van der Waals surface area contributed by atoms with Crippen molar-refractivity contribution in [2.45, 2.75) is 24.3 Å². The molecule has 2 aliphatic heterocycles. The van der Waals surface area contributed by atoms with Crippen LogP contribution in [-0.4, -0.2) is 70.6 Å². The average molecular weight is 653 g/mol. The van der Waals surface area contributed by atoms with Crippen molar-refractivity contribution < 1.29 is 22.7 Å². The molecule has 1 saturated heterocycles. The van der Waals surface area contributed by atoms with E-state index in [4.69, 9.17) is 9.47 Å². The van der Waals surface area contributed by atoms with Gasteiger partial charge in [0.2, 0.25) is 5.88 Å². The Morgan fingerprint density at radius 1 is 0.957 bits per heavy atom. The van der Waals surface area contributed by atoms with E-state index in [1.807, 2.05) is 24.3 Å². The van der Waals surface area contributed by atoms with Gasteiger partial charge in [0.1, 0.15) is 10.6 Å². The van der Waals surface area contributed by atoms with Gasteiger partial charge in [-0.15, -0.1) is 0 Å². The van der Waals surface area contributed by atoms with Gasteiger partial charge in [-0.2, -0.15) is 9.57 Å². The number of likely N-dealkylation sites (N-methyl/N-ethyl adjacent to an activating group) is 1. The Morgan fingerprint density at radius 3 is 2.38 bits per heavy atom. The van der Waals surface area contributed by atoms with Crippen LogP contribution in [0.5, 0.6) is 11.6 Å². The minimum Gasteiger partial charge on any atom is -0.495 e. The second-order valence-corrected chi connectivity index (χ2v) is 13.0. The number of para-hydroxylation sites is 1. The Morgan fingerprint density at radius 2 is 1.70 bits per heavy atom. The number of piperazine rings is 1. The largest absolute Gasteiger partial charge is 0.495 e. The van der Waals surface area contributed by atoms with Gasteiger partial charge in [-0.05, 0) is 80.2 Å². The third-order valence-electron chi connectivity index (χ3n) is 8.68. The number of fused-ring (bicyclic) bond motifs is 1. The molecule has 2 aliphatic rings. The highest BCUT2D eigenvalue weighted by Gasteiger charge is 2.58. The molecule has 0 bridgehead atoms. The van der Waals surface area contributed by atoms with Gasteiger partial charge < -0.3 is 24.6 Å². The molecule has 3 heterocycles. The highest BCUT2D eigenvalue weighted by molar-refractivity contribution is 7.93. The van der Waals surface area contributed by atoms with E-state index in [-0.39, 0.29) is 39.9 Å². The number of carbonyl (C=O) groups is 1. The van der Waals surface area contributed by atoms with Crippen LogP contribution in [0.25, 0.3) is 0 Å². The fourth-order valence-electron chi connectivity index (χ4n) is 6.30. The second kappa shape index (κ2) is 12.9. The van der Waals surface area contributed by atoms with Crippen LogP contribution < -0.4 is 24.0 Å². The maximum atomic E-state index is 15.1. The van der Waals surface area contributed by atoms with Gasteiger partial charge >= 0.3 is 0 Å². The van der Waals surface area contributed by atoms with E-state index >= 15 is 4.79 Å². The number of nitriles is 1. The summed E-state index contributed by atoms with van der Waals surface area (Å²) in [6, 6.07) is 23.9. The predicted octanol–water partition coefficient (Wildman–Crippen LogP) is 4.59. The lowest BCUT2D eigenvalue weighted by molar-refractivity contribution is -0.120. The van der Waals surface area contributed by atoms with Crippen molar-refractivity contribution in [3.8, 4) is 17.7 Å². The molecule has 4 aromatic rings. The molecule has 0 spiro atoms. The zero-order valence-electron chi connectivity index (χ0n) is 26.5. The summed E-state index contributed by atoms with van der Waals surface area (Å²) in [7, 11) is -3.15. The third-order valence-corrected chi connectivity index (χ3v) is 10.4. The number of hydrogen-bond acceptors (Lipinski definition) is 10. The van der Waals surface area contributed by atoms with Gasteiger partial charge in [-0.1, -0.05) is 19.1 Å². The highest BCUT2D eigenvalue weighted by atomic mass is 32.2. The predicted molar refractivity (Wildman–Crippen MR) is 179 cm³/mol. The molecule has 6 rings (SSSR count). The number of aromatic nitrogens is 1. The number of benzene rings is 3. The summed E-state index contributed by atoms with van der Waals surface area (Å²) in [6.45, 7) is 8.98. The lowest BCUT2D eigenvalue weighted by atomic mass is 9.83. The molecule has 3 aromatic carbocycles. The van der Waals surface area contributed by atoms with Crippen molar-refractivity contribution in [1.29, 1.82) is 5.26 Å². The van der Waals surface area contributed by atoms with Crippen LogP contribution in [0.2, 0.25) is 0 Å². The van der Waals surface area contributed by atoms with Gasteiger partial charge in [-0.3, -0.25) is 4.79 Å². The van der Waals surface area contributed by atoms with Crippen LogP contribution in [0.15, 0.2) is 90.0 Å². The Hall–Kier alpha value is -5.12. The summed E-state index contributed by atoms with van der Waals surface area (Å²) in [5.74, 6) is -0.555. The molecule has 0 aliphatic carbocycles. The van der Waals surface area contributed by atoms with E-state index in [9.17, 15) is 13.7 Å². The van der Waals surface area contributed by atoms with E-state index in [1.54, 1.807) is 43.5 Å². The van der Waals surface area contributed by atoms with E-state index in [2.05, 4.69) is 33.1 Å². The molecule has 0 radical (unpaired) electrons. The maximum Gasteiger partial charge on any atom is 0.276 e. The van der Waals surface area contributed by atoms with Crippen molar-refractivity contribution in [2.75, 3.05) is 61.0 Å². The number of nitrogens with one attached hydrogen (secondary N) is 1. The van der Waals surface area contributed by atoms with Gasteiger partial charge in [0, 0.05) is 49.3 Å². The normalized spacial score (nSPS) is 18.0. The quantitative estimate of drug-likeness (QED) is 0.260. The van der Waals surface area contributed by atoms with Crippen LogP contribution in [0.3, 0.4) is 0 Å². The Bertz CT molecular complexity index is 1940. The van der Waals surface area contributed by atoms with E-state index in [0.717, 1.165) is 42.7 Å². The summed E-state index contributed by atoms with van der Waals surface area (Å²) in [6.07, 6.45) is 1.55. The summed E-state index contributed by atoms with van der Waals surface area (Å²) in [4.78, 5) is 24.1. The second-order valence-electron chi connectivity index (χ2n) is 11.2. The number of carbonyl (C=O) groups excluding carboxylic acids is 1. The van der Waals surface area contributed by atoms with Crippen LogP contribution in [-0.2, 0) is 20.4 Å². The first-order valence-electron chi connectivity index (χ1n) is 15.5. The van der Waals surface area contributed by atoms with Crippen LogP contribution in [0.4, 0.5) is 17.1 Å². The van der Waals surface area contributed by atoms with Crippen LogP contribution in [0, 0.1) is 11.3 Å². The zero-order valence-corrected chi connectivity index (χ0v) is 27.3. The first-order chi connectivity index (χ1) is 22.8. The fourth-order valence-corrected chi connectivity index (χ4v) is 7.93. The number of sulfonamides is 1. The molecule has 1 fully saturated rings. The molecular formula is C35H36N6O5S. The van der Waals surface area contributed by atoms with E-state index in [1.165, 1.54) is 31.4 Å². The van der Waals surface area contributed by atoms with Gasteiger partial charge in [-0.25, -0.2) is 13.4 Å². The average Bonchev–Trinajstić information content (AvgIpc) is 3.36. The van der Waals surface area contributed by atoms with Crippen molar-refractivity contribution in [2.24, 2.45) is 0 Å². The van der Waals surface area contributed by atoms with E-state index in [0.29, 0.717) is 11.3 Å². The SMILES string of the molecule is CCOc1ncccc1C1(Nc2ccc(N3CCN(CC)CC3)cc2)C(=O)N(S(=O)(=O)c2ccccc2OC)c2ccc(C#N)cc21. The highest BCUT2D eigenvalue weighted by Crippen LogP contribution is 2.51. The molecule has 1 amide bonds. The molecule has 47 heavy (non-hydrogen) atoms. The first-order valence-corrected chi connectivity index (χ1v) is 16.9. The monoisotopic (exact) mass is 652 g/mol. The molecular weight excluding hydrogens is 616 g/mol. The number of rotatable bonds is 10. The van der Waals surface area contributed by atoms with Crippen LogP contribution >= 0.6 is 0 Å².